The molecular weight excluding hydrogens is 442 g/mol. The van der Waals surface area contributed by atoms with E-state index in [2.05, 4.69) is 15.5 Å². The summed E-state index contributed by atoms with van der Waals surface area (Å²) < 4.78 is 7.20. The van der Waals surface area contributed by atoms with Crippen molar-refractivity contribution in [3.05, 3.63) is 63.2 Å². The number of methoxy groups -OCH3 is 1. The van der Waals surface area contributed by atoms with Crippen LogP contribution in [0.3, 0.4) is 0 Å². The predicted octanol–water partition coefficient (Wildman–Crippen LogP) is 4.49. The molecule has 0 fully saturated rings. The molecule has 4 aromatic rings. The molecule has 0 bridgehead atoms. The van der Waals surface area contributed by atoms with Crippen LogP contribution < -0.4 is 10.1 Å². The highest BCUT2D eigenvalue weighted by Crippen LogP contribution is 2.30. The molecule has 1 N–H and O–H groups in total. The third kappa shape index (κ3) is 4.12. The number of fused-ring (bicyclic) bond motifs is 3. The van der Waals surface area contributed by atoms with Crippen LogP contribution in [-0.2, 0) is 4.79 Å². The van der Waals surface area contributed by atoms with Gasteiger partial charge in [0.25, 0.3) is 5.69 Å². The summed E-state index contributed by atoms with van der Waals surface area (Å²) >= 11 is 6.99. The molecule has 0 aliphatic rings. The van der Waals surface area contributed by atoms with Gasteiger partial charge in [0.15, 0.2) is 10.8 Å². The summed E-state index contributed by atoms with van der Waals surface area (Å²) in [6, 6.07) is 11.7. The fourth-order valence-corrected chi connectivity index (χ4v) is 4.12. The van der Waals surface area contributed by atoms with Gasteiger partial charge in [0.2, 0.25) is 5.91 Å². The van der Waals surface area contributed by atoms with Gasteiger partial charge in [-0.05, 0) is 42.8 Å². The van der Waals surface area contributed by atoms with Crippen molar-refractivity contribution >= 4 is 57.2 Å². The van der Waals surface area contributed by atoms with Crippen molar-refractivity contribution < 1.29 is 14.5 Å². The summed E-state index contributed by atoms with van der Waals surface area (Å²) in [6.45, 7) is 1.99. The van der Waals surface area contributed by atoms with Crippen molar-refractivity contribution in [3.8, 4) is 5.75 Å². The molecule has 2 aromatic carbocycles. The number of amides is 1. The number of benzene rings is 2. The van der Waals surface area contributed by atoms with E-state index < -0.39 is 10.8 Å². The Bertz CT molecular complexity index is 1340. The lowest BCUT2D eigenvalue weighted by molar-refractivity contribution is -0.383. The van der Waals surface area contributed by atoms with E-state index in [1.165, 1.54) is 30.0 Å². The largest absolute Gasteiger partial charge is 0.497 e. The first-order chi connectivity index (χ1) is 14.9. The lowest BCUT2D eigenvalue weighted by atomic mass is 10.1. The summed E-state index contributed by atoms with van der Waals surface area (Å²) in [4.78, 5) is 23.1. The predicted molar refractivity (Wildman–Crippen MR) is 119 cm³/mol. The van der Waals surface area contributed by atoms with Crippen LogP contribution in [-0.4, -0.2) is 38.3 Å². The van der Waals surface area contributed by atoms with E-state index in [4.69, 9.17) is 16.3 Å². The van der Waals surface area contributed by atoms with E-state index in [1.807, 2.05) is 35.6 Å². The number of ether oxygens (including phenoxy) is 1. The molecule has 2 aromatic heterocycles. The number of rotatable bonds is 6. The Kier molecular flexibility index (Phi) is 5.66. The van der Waals surface area contributed by atoms with Crippen molar-refractivity contribution in [1.82, 2.24) is 14.6 Å². The zero-order valence-electron chi connectivity index (χ0n) is 16.5. The van der Waals surface area contributed by atoms with Gasteiger partial charge in [-0.25, -0.2) is 0 Å². The maximum atomic E-state index is 12.5. The van der Waals surface area contributed by atoms with E-state index >= 15 is 0 Å². The molecule has 0 aliphatic carbocycles. The van der Waals surface area contributed by atoms with Crippen LogP contribution in [0.1, 0.15) is 5.56 Å². The average molecular weight is 458 g/mol. The number of halogens is 1. The molecule has 11 heteroatoms. The molecule has 0 atom stereocenters. The molecule has 158 valence electrons. The number of thioether (sulfide) groups is 1. The second-order valence-electron chi connectivity index (χ2n) is 6.64. The van der Waals surface area contributed by atoms with Crippen LogP contribution in [0.2, 0.25) is 5.02 Å². The van der Waals surface area contributed by atoms with Gasteiger partial charge in [-0.15, -0.1) is 10.2 Å². The van der Waals surface area contributed by atoms with Gasteiger partial charge in [0, 0.05) is 22.5 Å². The minimum absolute atomic E-state index is 0.0140. The molecule has 0 spiro atoms. The number of nitro groups is 1. The Morgan fingerprint density at radius 3 is 2.81 bits per heavy atom. The normalized spacial score (nSPS) is 11.1. The van der Waals surface area contributed by atoms with Crippen LogP contribution in [0.25, 0.3) is 16.6 Å². The van der Waals surface area contributed by atoms with Gasteiger partial charge in [0.1, 0.15) is 11.4 Å². The lowest BCUT2D eigenvalue weighted by Crippen LogP contribution is -2.15. The fraction of sp³-hybridized carbons (Fsp3) is 0.150. The minimum Gasteiger partial charge on any atom is -0.497 e. The van der Waals surface area contributed by atoms with Crippen molar-refractivity contribution in [2.75, 3.05) is 18.2 Å². The highest BCUT2D eigenvalue weighted by Gasteiger charge is 2.18. The Balaban J connectivity index is 1.61. The van der Waals surface area contributed by atoms with E-state index in [1.54, 1.807) is 7.11 Å². The van der Waals surface area contributed by atoms with Gasteiger partial charge >= 0.3 is 0 Å². The molecule has 4 rings (SSSR count). The smallest absolute Gasteiger partial charge is 0.294 e. The van der Waals surface area contributed by atoms with E-state index in [0.29, 0.717) is 16.6 Å². The molecule has 9 nitrogen and oxygen atoms in total. The number of nitro benzene ring substituents is 1. The van der Waals surface area contributed by atoms with Crippen molar-refractivity contribution in [1.29, 1.82) is 0 Å². The molecule has 0 saturated heterocycles. The zero-order chi connectivity index (χ0) is 22.1. The summed E-state index contributed by atoms with van der Waals surface area (Å²) in [5.41, 5.74) is 2.36. The lowest BCUT2D eigenvalue weighted by Gasteiger charge is -2.09. The van der Waals surface area contributed by atoms with Crippen LogP contribution >= 0.6 is 23.4 Å². The SMILES string of the molecule is COc1ccc2c(C)cc3nnc(SCC(=O)Nc4ccc(Cl)cc4[N+](=O)[O-])n3c2c1. The molecule has 0 saturated carbocycles. The maximum absolute atomic E-state index is 12.5. The van der Waals surface area contributed by atoms with Gasteiger partial charge in [-0.3, -0.25) is 19.3 Å². The second-order valence-corrected chi connectivity index (χ2v) is 8.02. The monoisotopic (exact) mass is 457 g/mol. The number of nitrogens with one attached hydrogen (secondary N) is 1. The maximum Gasteiger partial charge on any atom is 0.294 e. The molecule has 1 amide bonds. The number of hydrogen-bond donors (Lipinski definition) is 1. The Morgan fingerprint density at radius 2 is 2.06 bits per heavy atom. The van der Waals surface area contributed by atoms with Crippen molar-refractivity contribution in [2.45, 2.75) is 12.1 Å². The van der Waals surface area contributed by atoms with E-state index in [0.717, 1.165) is 16.5 Å². The van der Waals surface area contributed by atoms with Gasteiger partial charge < -0.3 is 10.1 Å². The molecular formula is C20H16ClN5O4S. The van der Waals surface area contributed by atoms with Crippen LogP contribution in [0.15, 0.2) is 47.6 Å². The standard InChI is InChI=1S/C20H16ClN5O4S/c1-11-7-18-23-24-20(25(18)16-9-13(30-2)4-5-14(11)16)31-10-19(27)22-15-6-3-12(21)8-17(15)26(28)29/h3-9H,10H2,1-2H3,(H,22,27). The molecule has 31 heavy (non-hydrogen) atoms. The average Bonchev–Trinajstić information content (AvgIpc) is 3.16. The van der Waals surface area contributed by atoms with Crippen LogP contribution in [0.5, 0.6) is 5.75 Å². The van der Waals surface area contributed by atoms with Gasteiger partial charge in [-0.2, -0.15) is 0 Å². The minimum atomic E-state index is -0.595. The summed E-state index contributed by atoms with van der Waals surface area (Å²) in [5.74, 6) is 0.262. The first kappa shape index (κ1) is 20.9. The van der Waals surface area contributed by atoms with Crippen molar-refractivity contribution in [3.63, 3.8) is 0 Å². The number of hydrogen-bond acceptors (Lipinski definition) is 7. The van der Waals surface area contributed by atoms with Gasteiger partial charge in [0.05, 0.1) is 23.3 Å². The number of anilines is 1. The number of aryl methyl sites for hydroxylation is 1. The molecule has 0 unspecified atom stereocenters. The third-order valence-electron chi connectivity index (χ3n) is 4.64. The number of pyridine rings is 1. The van der Waals surface area contributed by atoms with Crippen LogP contribution in [0.4, 0.5) is 11.4 Å². The third-order valence-corrected chi connectivity index (χ3v) is 5.80. The van der Waals surface area contributed by atoms with Gasteiger partial charge in [-0.1, -0.05) is 23.4 Å². The quantitative estimate of drug-likeness (QED) is 0.258. The van der Waals surface area contributed by atoms with Crippen LogP contribution in [0, 0.1) is 17.0 Å². The first-order valence-electron chi connectivity index (χ1n) is 9.06. The Labute approximate surface area is 185 Å². The van der Waals surface area contributed by atoms with Crippen molar-refractivity contribution in [2.24, 2.45) is 0 Å². The molecule has 2 heterocycles. The Hall–Kier alpha value is -3.37. The Morgan fingerprint density at radius 1 is 1.26 bits per heavy atom. The molecule has 0 radical (unpaired) electrons. The summed E-state index contributed by atoms with van der Waals surface area (Å²) in [7, 11) is 1.59. The molecule has 0 aliphatic heterocycles. The fourth-order valence-electron chi connectivity index (χ4n) is 3.20. The number of aromatic nitrogens is 3. The second kappa shape index (κ2) is 8.40. The zero-order valence-corrected chi connectivity index (χ0v) is 18.0. The highest BCUT2D eigenvalue weighted by atomic mass is 35.5. The van der Waals surface area contributed by atoms with E-state index in [9.17, 15) is 14.9 Å². The highest BCUT2D eigenvalue weighted by molar-refractivity contribution is 7.99. The number of carbonyl (C=O) groups is 1. The van der Waals surface area contributed by atoms with E-state index in [-0.39, 0.29) is 22.2 Å². The summed E-state index contributed by atoms with van der Waals surface area (Å²) in [5, 5.41) is 23.9. The number of carbonyl (C=O) groups excluding carboxylic acids is 1. The number of nitrogens with zero attached hydrogens (tertiary/aromatic N) is 4. The summed E-state index contributed by atoms with van der Waals surface area (Å²) in [6.07, 6.45) is 0. The first-order valence-corrected chi connectivity index (χ1v) is 10.4. The topological polar surface area (TPSA) is 112 Å².